The first-order valence-electron chi connectivity index (χ1n) is 9.72. The molecule has 3 nitrogen and oxygen atoms in total. The van der Waals surface area contributed by atoms with Gasteiger partial charge < -0.3 is 4.74 Å². The van der Waals surface area contributed by atoms with Gasteiger partial charge in [0.1, 0.15) is 0 Å². The fourth-order valence-corrected chi connectivity index (χ4v) is 3.15. The number of hydrogen-bond acceptors (Lipinski definition) is 3. The molecule has 1 aromatic heterocycles. The van der Waals surface area contributed by atoms with Gasteiger partial charge in [0.25, 0.3) is 0 Å². The largest absolute Gasteiger partial charge is 0.370 e. The molecule has 1 aromatic carbocycles. The van der Waals surface area contributed by atoms with Crippen LogP contribution in [-0.2, 0) is 11.3 Å². The summed E-state index contributed by atoms with van der Waals surface area (Å²) in [6.07, 6.45) is 9.17. The Morgan fingerprint density at radius 1 is 1.20 bits per heavy atom. The first kappa shape index (κ1) is 21.3. The molecule has 0 saturated carbocycles. The van der Waals surface area contributed by atoms with Crippen molar-refractivity contribution in [3.63, 3.8) is 0 Å². The Hall–Kier alpha value is -3.37. The maximum absolute atomic E-state index is 13.3. The van der Waals surface area contributed by atoms with E-state index in [0.717, 1.165) is 44.8 Å². The van der Waals surface area contributed by atoms with Gasteiger partial charge in [0, 0.05) is 17.3 Å². The molecule has 3 rings (SSSR count). The highest BCUT2D eigenvalue weighted by Gasteiger charge is 2.15. The molecule has 0 spiro atoms. The zero-order valence-electron chi connectivity index (χ0n) is 17.4. The van der Waals surface area contributed by atoms with E-state index in [1.54, 1.807) is 6.08 Å². The number of aryl methyl sites for hydroxylation is 1. The van der Waals surface area contributed by atoms with Gasteiger partial charge in [0.15, 0.2) is 0 Å². The highest BCUT2D eigenvalue weighted by Crippen LogP contribution is 2.24. The molecular weight excluding hydrogens is 375 g/mol. The normalized spacial score (nSPS) is 15.2. The average molecular weight is 400 g/mol. The second-order valence-corrected chi connectivity index (χ2v) is 7.12. The quantitative estimate of drug-likeness (QED) is 0.393. The minimum Gasteiger partial charge on any atom is -0.370 e. The second-order valence-electron chi connectivity index (χ2n) is 7.12. The van der Waals surface area contributed by atoms with Crippen LogP contribution < -0.4 is 0 Å². The van der Waals surface area contributed by atoms with Gasteiger partial charge in [0.05, 0.1) is 24.6 Å². The van der Waals surface area contributed by atoms with Crippen molar-refractivity contribution in [2.75, 3.05) is 6.61 Å². The van der Waals surface area contributed by atoms with Crippen LogP contribution in [0.2, 0.25) is 0 Å². The van der Waals surface area contributed by atoms with Crippen molar-refractivity contribution in [1.82, 2.24) is 4.98 Å². The van der Waals surface area contributed by atoms with Gasteiger partial charge in [-0.3, -0.25) is 4.99 Å². The summed E-state index contributed by atoms with van der Waals surface area (Å²) in [5.74, 6) is -0.492. The van der Waals surface area contributed by atoms with E-state index in [9.17, 15) is 4.39 Å². The van der Waals surface area contributed by atoms with Gasteiger partial charge in [-0.05, 0) is 48.3 Å². The summed E-state index contributed by atoms with van der Waals surface area (Å²) in [4.78, 5) is 8.43. The molecule has 0 aliphatic carbocycles. The lowest BCUT2D eigenvalue weighted by Crippen LogP contribution is -1.98. The van der Waals surface area contributed by atoms with Crippen molar-refractivity contribution < 1.29 is 9.13 Å². The van der Waals surface area contributed by atoms with Crippen LogP contribution in [0.4, 0.5) is 4.39 Å². The number of allylic oxidation sites excluding steroid dienone is 7. The van der Waals surface area contributed by atoms with E-state index in [-0.39, 0.29) is 0 Å². The summed E-state index contributed by atoms with van der Waals surface area (Å²) in [5, 5.41) is 0. The Morgan fingerprint density at radius 2 is 1.97 bits per heavy atom. The Labute approximate surface area is 177 Å². The van der Waals surface area contributed by atoms with Crippen LogP contribution in [0.3, 0.4) is 0 Å². The average Bonchev–Trinajstić information content (AvgIpc) is 3.14. The van der Waals surface area contributed by atoms with E-state index in [4.69, 9.17) is 4.74 Å². The number of rotatable bonds is 8. The summed E-state index contributed by atoms with van der Waals surface area (Å²) in [6, 6.07) is 11.5. The third-order valence-electron chi connectivity index (χ3n) is 4.67. The maximum Gasteiger partial charge on any atom is 0.213 e. The molecule has 2 heterocycles. The summed E-state index contributed by atoms with van der Waals surface area (Å²) < 4.78 is 19.1. The minimum atomic E-state index is -0.492. The standard InChI is InChI=1S/C26H25FN2O/c1-5-21(24-15-28-25(27)13-19(24)4)11-12-22-14-23(29-26(22)18(2)3)17-30-16-20-9-7-6-8-10-20/h5-15H,1-2,16-17H2,3-4H3/b21-11+,22-12-. The van der Waals surface area contributed by atoms with E-state index in [2.05, 4.69) is 23.1 Å². The monoisotopic (exact) mass is 400 g/mol. The number of aromatic nitrogens is 1. The van der Waals surface area contributed by atoms with Crippen LogP contribution >= 0.6 is 0 Å². The van der Waals surface area contributed by atoms with Crippen molar-refractivity contribution in [2.45, 2.75) is 20.5 Å². The van der Waals surface area contributed by atoms with Crippen LogP contribution in [0.5, 0.6) is 0 Å². The van der Waals surface area contributed by atoms with E-state index < -0.39 is 5.95 Å². The Bertz CT molecular complexity index is 1080. The molecule has 0 radical (unpaired) electrons. The summed E-state index contributed by atoms with van der Waals surface area (Å²) >= 11 is 0. The third kappa shape index (κ3) is 5.37. The number of halogens is 1. The zero-order chi connectivity index (χ0) is 21.5. The Morgan fingerprint density at radius 3 is 2.63 bits per heavy atom. The highest BCUT2D eigenvalue weighted by molar-refractivity contribution is 6.15. The lowest BCUT2D eigenvalue weighted by Gasteiger charge is -2.06. The molecule has 1 aliphatic heterocycles. The number of aliphatic imine (C=N–C) groups is 1. The fourth-order valence-electron chi connectivity index (χ4n) is 3.15. The number of nitrogens with zero attached hydrogens (tertiary/aromatic N) is 2. The summed E-state index contributed by atoms with van der Waals surface area (Å²) in [7, 11) is 0. The molecule has 4 heteroatoms. The lowest BCUT2D eigenvalue weighted by molar-refractivity contribution is 0.142. The number of benzene rings is 1. The zero-order valence-corrected chi connectivity index (χ0v) is 17.4. The molecular formula is C26H25FN2O. The van der Waals surface area contributed by atoms with Gasteiger partial charge in [-0.25, -0.2) is 4.98 Å². The van der Waals surface area contributed by atoms with Crippen LogP contribution in [0.25, 0.3) is 5.57 Å². The van der Waals surface area contributed by atoms with Crippen LogP contribution in [-0.4, -0.2) is 17.3 Å². The summed E-state index contributed by atoms with van der Waals surface area (Å²) in [5.41, 5.74) is 7.14. The van der Waals surface area contributed by atoms with E-state index in [1.165, 1.54) is 12.3 Å². The Kier molecular flexibility index (Phi) is 7.04. The predicted molar refractivity (Wildman–Crippen MR) is 122 cm³/mol. The molecule has 2 aromatic rings. The molecule has 0 N–H and O–H groups in total. The molecule has 0 unspecified atom stereocenters. The summed E-state index contributed by atoms with van der Waals surface area (Å²) in [6.45, 7) is 12.7. The lowest BCUT2D eigenvalue weighted by atomic mass is 10.0. The van der Waals surface area contributed by atoms with Crippen molar-refractivity contribution in [2.24, 2.45) is 4.99 Å². The molecule has 0 amide bonds. The fraction of sp³-hybridized carbons (Fsp3) is 0.154. The molecule has 1 aliphatic rings. The van der Waals surface area contributed by atoms with E-state index in [1.807, 2.05) is 62.4 Å². The van der Waals surface area contributed by atoms with E-state index in [0.29, 0.717) is 13.2 Å². The van der Waals surface area contributed by atoms with E-state index >= 15 is 0 Å². The SMILES string of the molecule is C=C/C(=C\C=C1\C=C(COCc2ccccc2)N=C1C(=C)C)c1cnc(F)cc1C. The smallest absolute Gasteiger partial charge is 0.213 e. The molecule has 152 valence electrons. The second kappa shape index (κ2) is 9.90. The first-order chi connectivity index (χ1) is 14.5. The predicted octanol–water partition coefficient (Wildman–Crippen LogP) is 6.16. The van der Waals surface area contributed by atoms with Crippen LogP contribution in [0.1, 0.15) is 23.6 Å². The topological polar surface area (TPSA) is 34.5 Å². The van der Waals surface area contributed by atoms with Crippen molar-refractivity contribution >= 4 is 11.3 Å². The first-order valence-corrected chi connectivity index (χ1v) is 9.72. The molecule has 30 heavy (non-hydrogen) atoms. The van der Waals surface area contributed by atoms with Crippen molar-refractivity contribution in [1.29, 1.82) is 0 Å². The third-order valence-corrected chi connectivity index (χ3v) is 4.67. The molecule has 0 atom stereocenters. The molecule has 0 saturated heterocycles. The van der Waals surface area contributed by atoms with Gasteiger partial charge in [0.2, 0.25) is 5.95 Å². The van der Waals surface area contributed by atoms with Crippen molar-refractivity contribution in [3.05, 3.63) is 120 Å². The van der Waals surface area contributed by atoms with Crippen LogP contribution in [0.15, 0.2) is 102 Å². The van der Waals surface area contributed by atoms with Gasteiger partial charge in [-0.15, -0.1) is 0 Å². The maximum atomic E-state index is 13.3. The highest BCUT2D eigenvalue weighted by atomic mass is 19.1. The number of pyridine rings is 1. The number of hydrogen-bond donors (Lipinski definition) is 0. The Balaban J connectivity index is 1.79. The van der Waals surface area contributed by atoms with Crippen molar-refractivity contribution in [3.8, 4) is 0 Å². The van der Waals surface area contributed by atoms with Crippen LogP contribution in [0, 0.1) is 12.9 Å². The number of ether oxygens (including phenoxy) is 1. The van der Waals surface area contributed by atoms with Gasteiger partial charge >= 0.3 is 0 Å². The molecule has 0 fully saturated rings. The molecule has 0 bridgehead atoms. The minimum absolute atomic E-state index is 0.419. The van der Waals surface area contributed by atoms with Gasteiger partial charge in [-0.2, -0.15) is 4.39 Å². The van der Waals surface area contributed by atoms with Gasteiger partial charge in [-0.1, -0.05) is 61.7 Å².